The maximum absolute atomic E-state index is 12.9. The number of nitrogens with one attached hydrogen (secondary N) is 1. The van der Waals surface area contributed by atoms with E-state index in [1.54, 1.807) is 24.3 Å². The maximum atomic E-state index is 12.9. The molecule has 30 heavy (non-hydrogen) atoms. The summed E-state index contributed by atoms with van der Waals surface area (Å²) in [5.74, 6) is 0.196. The molecule has 0 fully saturated rings. The van der Waals surface area contributed by atoms with Crippen LogP contribution in [0.4, 0.5) is 5.69 Å². The third kappa shape index (κ3) is 2.57. The monoisotopic (exact) mass is 420 g/mol. The molecule has 8 heteroatoms. The number of anilines is 1. The summed E-state index contributed by atoms with van der Waals surface area (Å²) in [7, 11) is 0. The molecule has 0 radical (unpaired) electrons. The number of carbonyl (C=O) groups excluding carboxylic acids is 1. The minimum absolute atomic E-state index is 0.00866. The number of thiocarbonyl (C=S) groups is 1. The van der Waals surface area contributed by atoms with Crippen molar-refractivity contribution in [2.45, 2.75) is 5.60 Å². The molecule has 150 valence electrons. The molecule has 5 N–H and O–H groups in total. The van der Waals surface area contributed by atoms with E-state index in [1.165, 1.54) is 24.3 Å². The van der Waals surface area contributed by atoms with Gasteiger partial charge in [-0.15, -0.1) is 0 Å². The molecule has 2 aliphatic rings. The summed E-state index contributed by atoms with van der Waals surface area (Å²) in [6.07, 6.45) is 0. The van der Waals surface area contributed by atoms with Crippen LogP contribution in [0.5, 0.6) is 23.0 Å². The Balaban J connectivity index is 1.74. The first kappa shape index (κ1) is 18.3. The average Bonchev–Trinajstić information content (AvgIpc) is 2.98. The highest BCUT2D eigenvalue weighted by Gasteiger charge is 2.53. The smallest absolute Gasteiger partial charge is 0.340 e. The highest BCUT2D eigenvalue weighted by Crippen LogP contribution is 2.57. The van der Waals surface area contributed by atoms with Crippen LogP contribution in [0.15, 0.2) is 54.6 Å². The Kier molecular flexibility index (Phi) is 3.87. The van der Waals surface area contributed by atoms with E-state index >= 15 is 0 Å². The van der Waals surface area contributed by atoms with Gasteiger partial charge < -0.3 is 30.7 Å². The van der Waals surface area contributed by atoms with Crippen molar-refractivity contribution in [3.05, 3.63) is 76.9 Å². The maximum Gasteiger partial charge on any atom is 0.340 e. The van der Waals surface area contributed by atoms with Gasteiger partial charge in [-0.05, 0) is 36.4 Å². The SMILES string of the molecule is NC(=S)CNc1ccc2c(c1)C(=O)OC21c2ccc(O)cc2Oc2cc(O)ccc21. The summed E-state index contributed by atoms with van der Waals surface area (Å²) in [6.45, 7) is 0.298. The quantitative estimate of drug-likeness (QED) is 0.377. The van der Waals surface area contributed by atoms with Crippen LogP contribution < -0.4 is 15.8 Å². The Morgan fingerprint density at radius 2 is 1.57 bits per heavy atom. The van der Waals surface area contributed by atoms with Gasteiger partial charge in [-0.25, -0.2) is 4.79 Å². The number of nitrogens with two attached hydrogens (primary N) is 1. The molecule has 3 aromatic carbocycles. The zero-order valence-corrected chi connectivity index (χ0v) is 16.3. The van der Waals surface area contributed by atoms with Crippen LogP contribution >= 0.6 is 12.2 Å². The molecule has 0 unspecified atom stereocenters. The van der Waals surface area contributed by atoms with Gasteiger partial charge in [0, 0.05) is 34.5 Å². The number of phenolic OH excluding ortho intramolecular Hbond substituents is 2. The summed E-state index contributed by atoms with van der Waals surface area (Å²) < 4.78 is 11.9. The Hall–Kier alpha value is -3.78. The third-order valence-electron chi connectivity index (χ3n) is 5.24. The summed E-state index contributed by atoms with van der Waals surface area (Å²) in [5, 5.41) is 23.0. The largest absolute Gasteiger partial charge is 0.508 e. The van der Waals surface area contributed by atoms with Gasteiger partial charge in [-0.3, -0.25) is 0 Å². The predicted octanol–water partition coefficient (Wildman–Crippen LogP) is 3.36. The molecule has 0 amide bonds. The summed E-state index contributed by atoms with van der Waals surface area (Å²) in [5.41, 5.74) is 7.14. The Morgan fingerprint density at radius 1 is 0.967 bits per heavy atom. The number of hydrogen-bond acceptors (Lipinski definition) is 7. The van der Waals surface area contributed by atoms with Crippen LogP contribution in [0.2, 0.25) is 0 Å². The lowest BCUT2D eigenvalue weighted by Gasteiger charge is -2.36. The fraction of sp³-hybridized carbons (Fsp3) is 0.0909. The molecule has 2 heterocycles. The van der Waals surface area contributed by atoms with Crippen LogP contribution in [0.3, 0.4) is 0 Å². The van der Waals surface area contributed by atoms with Crippen molar-refractivity contribution in [2.75, 3.05) is 11.9 Å². The van der Waals surface area contributed by atoms with Gasteiger partial charge in [0.15, 0.2) is 5.60 Å². The van der Waals surface area contributed by atoms with Crippen LogP contribution in [0, 0.1) is 0 Å². The Labute approximate surface area is 176 Å². The Morgan fingerprint density at radius 3 is 2.17 bits per heavy atom. The summed E-state index contributed by atoms with van der Waals surface area (Å²) in [6, 6.07) is 14.6. The zero-order chi connectivity index (χ0) is 21.0. The second-order valence-corrected chi connectivity index (χ2v) is 7.64. The first-order valence-electron chi connectivity index (χ1n) is 9.13. The molecule has 3 aromatic rings. The van der Waals surface area contributed by atoms with Crippen molar-refractivity contribution >= 4 is 28.9 Å². The fourth-order valence-electron chi connectivity index (χ4n) is 4.00. The lowest BCUT2D eigenvalue weighted by atomic mass is 9.77. The fourth-order valence-corrected chi connectivity index (χ4v) is 4.08. The van der Waals surface area contributed by atoms with E-state index in [1.807, 2.05) is 6.07 Å². The van der Waals surface area contributed by atoms with E-state index in [-0.39, 0.29) is 11.5 Å². The van der Waals surface area contributed by atoms with Crippen LogP contribution in [-0.4, -0.2) is 27.7 Å². The van der Waals surface area contributed by atoms with E-state index in [9.17, 15) is 15.0 Å². The van der Waals surface area contributed by atoms with Gasteiger partial charge in [0.25, 0.3) is 0 Å². The standard InChI is InChI=1S/C22H16N2O5S/c23-20(30)10-24-11-1-4-15-14(7-11)21(27)29-22(15)16-5-2-12(25)8-18(16)28-19-9-13(26)3-6-17(19)22/h1-9,24-26H,10H2,(H2,23,30). The van der Waals surface area contributed by atoms with Crippen molar-refractivity contribution < 1.29 is 24.5 Å². The van der Waals surface area contributed by atoms with Gasteiger partial charge in [-0.2, -0.15) is 0 Å². The first-order valence-corrected chi connectivity index (χ1v) is 9.54. The molecule has 1 spiro atoms. The molecule has 0 saturated carbocycles. The highest BCUT2D eigenvalue weighted by molar-refractivity contribution is 7.80. The third-order valence-corrected chi connectivity index (χ3v) is 5.38. The van der Waals surface area contributed by atoms with E-state index in [2.05, 4.69) is 5.32 Å². The molecule has 0 bridgehead atoms. The number of hydrogen-bond donors (Lipinski definition) is 4. The summed E-state index contributed by atoms with van der Waals surface area (Å²) >= 11 is 4.89. The molecule has 0 aliphatic carbocycles. The Bertz CT molecular complexity index is 1190. The molecule has 7 nitrogen and oxygen atoms in total. The second kappa shape index (κ2) is 6.36. The number of phenols is 2. The lowest BCUT2D eigenvalue weighted by molar-refractivity contribution is 0.0224. The van der Waals surface area contributed by atoms with Crippen molar-refractivity contribution in [3.8, 4) is 23.0 Å². The lowest BCUT2D eigenvalue weighted by Crippen LogP contribution is -2.32. The molecule has 0 aromatic heterocycles. The minimum Gasteiger partial charge on any atom is -0.508 e. The minimum atomic E-state index is -1.27. The first-order chi connectivity index (χ1) is 14.4. The molecule has 2 aliphatic heterocycles. The number of carbonyl (C=O) groups is 1. The molecule has 0 saturated heterocycles. The van der Waals surface area contributed by atoms with Crippen molar-refractivity contribution in [2.24, 2.45) is 5.73 Å². The molecule has 0 atom stereocenters. The van der Waals surface area contributed by atoms with Crippen LogP contribution in [-0.2, 0) is 10.3 Å². The van der Waals surface area contributed by atoms with E-state index in [4.69, 9.17) is 27.4 Å². The van der Waals surface area contributed by atoms with E-state index in [0.717, 1.165) is 0 Å². The van der Waals surface area contributed by atoms with Crippen molar-refractivity contribution in [1.82, 2.24) is 0 Å². The molecular weight excluding hydrogens is 404 g/mol. The number of rotatable bonds is 3. The van der Waals surface area contributed by atoms with E-state index < -0.39 is 11.6 Å². The van der Waals surface area contributed by atoms with E-state index in [0.29, 0.717) is 51.0 Å². The van der Waals surface area contributed by atoms with Gasteiger partial charge in [0.2, 0.25) is 0 Å². The van der Waals surface area contributed by atoms with Crippen molar-refractivity contribution in [1.29, 1.82) is 0 Å². The number of aromatic hydroxyl groups is 2. The van der Waals surface area contributed by atoms with Gasteiger partial charge >= 0.3 is 5.97 Å². The van der Waals surface area contributed by atoms with Gasteiger partial charge in [0.05, 0.1) is 17.1 Å². The van der Waals surface area contributed by atoms with Crippen molar-refractivity contribution in [3.63, 3.8) is 0 Å². The summed E-state index contributed by atoms with van der Waals surface area (Å²) in [4.78, 5) is 13.2. The van der Waals surface area contributed by atoms with Gasteiger partial charge in [-0.1, -0.05) is 18.3 Å². The number of benzene rings is 3. The zero-order valence-electron chi connectivity index (χ0n) is 15.5. The normalized spacial score (nSPS) is 14.9. The van der Waals surface area contributed by atoms with Crippen LogP contribution in [0.1, 0.15) is 27.0 Å². The highest BCUT2D eigenvalue weighted by atomic mass is 32.1. The molecule has 5 rings (SSSR count). The topological polar surface area (TPSA) is 114 Å². The predicted molar refractivity (Wildman–Crippen MR) is 113 cm³/mol. The molecular formula is C22H16N2O5S. The second-order valence-electron chi connectivity index (χ2n) is 7.11. The van der Waals surface area contributed by atoms with Crippen LogP contribution in [0.25, 0.3) is 0 Å². The number of fused-ring (bicyclic) bond motifs is 6. The number of ether oxygens (including phenoxy) is 2. The number of esters is 1. The van der Waals surface area contributed by atoms with Gasteiger partial charge in [0.1, 0.15) is 23.0 Å². The average molecular weight is 420 g/mol.